The van der Waals surface area contributed by atoms with Crippen molar-refractivity contribution in [3.8, 4) is 0 Å². The van der Waals surface area contributed by atoms with E-state index in [1.807, 2.05) is 13.0 Å². The van der Waals surface area contributed by atoms with Crippen molar-refractivity contribution in [1.82, 2.24) is 20.4 Å². The van der Waals surface area contributed by atoms with Gasteiger partial charge in [-0.3, -0.25) is 10.1 Å². The maximum atomic E-state index is 12.9. The second kappa shape index (κ2) is 8.48. The molecule has 2 N–H and O–H groups in total. The summed E-state index contributed by atoms with van der Waals surface area (Å²) in [6.07, 6.45) is 5.50. The number of nitrogens with one attached hydrogen (secondary N) is 2. The number of carbonyl (C=O) groups is 1. The molecule has 6 heteroatoms. The monoisotopic (exact) mass is 406 g/mol. The molecule has 0 fully saturated rings. The lowest BCUT2D eigenvalue weighted by Gasteiger charge is -2.25. The number of amides is 1. The summed E-state index contributed by atoms with van der Waals surface area (Å²) in [7, 11) is 0. The van der Waals surface area contributed by atoms with Gasteiger partial charge >= 0.3 is 0 Å². The van der Waals surface area contributed by atoms with Gasteiger partial charge in [0.05, 0.1) is 12.6 Å². The highest BCUT2D eigenvalue weighted by molar-refractivity contribution is 5.90. The third-order valence-corrected chi connectivity index (χ3v) is 5.67. The van der Waals surface area contributed by atoms with E-state index in [2.05, 4.69) is 65.2 Å². The van der Waals surface area contributed by atoms with Gasteiger partial charge in [-0.15, -0.1) is 6.58 Å². The molecule has 2 unspecified atom stereocenters. The first kappa shape index (κ1) is 20.4. The largest absolute Gasteiger partial charge is 0.361 e. The molecule has 158 valence electrons. The summed E-state index contributed by atoms with van der Waals surface area (Å²) in [5.41, 5.74) is 4.53. The van der Waals surface area contributed by atoms with Crippen molar-refractivity contribution in [3.63, 3.8) is 0 Å². The lowest BCUT2D eigenvalue weighted by atomic mass is 9.94. The summed E-state index contributed by atoms with van der Waals surface area (Å²) < 4.78 is 7.47. The highest BCUT2D eigenvalue weighted by Crippen LogP contribution is 2.36. The number of hydrogen-bond acceptors (Lipinski definition) is 4. The van der Waals surface area contributed by atoms with Crippen molar-refractivity contribution in [2.45, 2.75) is 52.2 Å². The van der Waals surface area contributed by atoms with Crippen molar-refractivity contribution < 1.29 is 9.32 Å². The highest BCUT2D eigenvalue weighted by atomic mass is 16.5. The molecule has 2 atom stereocenters. The lowest BCUT2D eigenvalue weighted by Crippen LogP contribution is -2.46. The van der Waals surface area contributed by atoms with E-state index < -0.39 is 0 Å². The highest BCUT2D eigenvalue weighted by Gasteiger charge is 2.30. The molecule has 1 aliphatic heterocycles. The Labute approximate surface area is 177 Å². The summed E-state index contributed by atoms with van der Waals surface area (Å²) in [4.78, 5) is 12.9. The minimum Gasteiger partial charge on any atom is -0.361 e. The number of aryl methyl sites for hydroxylation is 1. The van der Waals surface area contributed by atoms with Gasteiger partial charge in [0, 0.05) is 35.8 Å². The normalized spacial score (nSPS) is 18.5. The fourth-order valence-electron chi connectivity index (χ4n) is 4.45. The van der Waals surface area contributed by atoms with Crippen LogP contribution in [-0.2, 0) is 17.8 Å². The van der Waals surface area contributed by atoms with Gasteiger partial charge in [0.2, 0.25) is 5.91 Å². The Bertz CT molecular complexity index is 1060. The minimum absolute atomic E-state index is 0.0180. The molecular formula is C24H30N4O2. The second-order valence-electron chi connectivity index (χ2n) is 8.59. The number of rotatable bonds is 7. The zero-order valence-electron chi connectivity index (χ0n) is 17.9. The van der Waals surface area contributed by atoms with Crippen molar-refractivity contribution >= 4 is 16.8 Å². The number of aromatic nitrogens is 2. The van der Waals surface area contributed by atoms with Crippen LogP contribution in [-0.4, -0.2) is 28.2 Å². The van der Waals surface area contributed by atoms with E-state index in [0.29, 0.717) is 25.4 Å². The van der Waals surface area contributed by atoms with Gasteiger partial charge in [-0.1, -0.05) is 37.2 Å². The zero-order chi connectivity index (χ0) is 21.3. The molecule has 30 heavy (non-hydrogen) atoms. The molecule has 2 aromatic heterocycles. The smallest absolute Gasteiger partial charge is 0.237 e. The third-order valence-electron chi connectivity index (χ3n) is 5.67. The van der Waals surface area contributed by atoms with Crippen LogP contribution in [0.15, 0.2) is 47.6 Å². The summed E-state index contributed by atoms with van der Waals surface area (Å²) in [6, 6.07) is 8.27. The SMILES string of the molecule is C=CCNC(=O)C1Cc2cn(Cc3cc(C)on3)c3cccc(c23)C(CC(C)C)N1. The van der Waals surface area contributed by atoms with Crippen LogP contribution in [0.4, 0.5) is 0 Å². The average molecular weight is 407 g/mol. The molecule has 3 aromatic rings. The van der Waals surface area contributed by atoms with E-state index in [-0.39, 0.29) is 18.0 Å². The quantitative estimate of drug-likeness (QED) is 0.584. The van der Waals surface area contributed by atoms with Gasteiger partial charge in [0.25, 0.3) is 0 Å². The Balaban J connectivity index is 1.77. The summed E-state index contributed by atoms with van der Waals surface area (Å²) in [5, 5.41) is 12.0. The van der Waals surface area contributed by atoms with Crippen LogP contribution < -0.4 is 10.6 Å². The Morgan fingerprint density at radius 1 is 1.47 bits per heavy atom. The molecule has 0 aliphatic carbocycles. The molecule has 3 heterocycles. The number of benzene rings is 1. The van der Waals surface area contributed by atoms with Gasteiger partial charge < -0.3 is 14.4 Å². The molecule has 4 rings (SSSR count). The molecule has 0 bridgehead atoms. The van der Waals surface area contributed by atoms with E-state index in [9.17, 15) is 4.79 Å². The molecular weight excluding hydrogens is 376 g/mol. The topological polar surface area (TPSA) is 72.1 Å². The van der Waals surface area contributed by atoms with Gasteiger partial charge in [0.15, 0.2) is 0 Å². The zero-order valence-corrected chi connectivity index (χ0v) is 17.9. The number of carbonyl (C=O) groups excluding carboxylic acids is 1. The molecule has 0 spiro atoms. The van der Waals surface area contributed by atoms with Crippen molar-refractivity contribution in [3.05, 3.63) is 65.7 Å². The van der Waals surface area contributed by atoms with E-state index in [0.717, 1.165) is 17.9 Å². The molecule has 6 nitrogen and oxygen atoms in total. The molecule has 1 amide bonds. The standard InChI is InChI=1S/C24H30N4O2/c1-5-9-25-24(29)21-12-17-13-28(14-18-11-16(4)30-27-18)22-8-6-7-19(23(17)22)20(26-21)10-15(2)3/h5-8,11,13,15,20-21,26H,1,9-10,12,14H2,2-4H3,(H,25,29). The van der Waals surface area contributed by atoms with Crippen molar-refractivity contribution in [1.29, 1.82) is 0 Å². The van der Waals surface area contributed by atoms with E-state index in [1.165, 1.54) is 22.0 Å². The van der Waals surface area contributed by atoms with E-state index in [4.69, 9.17) is 4.52 Å². The molecule has 1 aromatic carbocycles. The molecule has 0 saturated carbocycles. The lowest BCUT2D eigenvalue weighted by molar-refractivity contribution is -0.123. The van der Waals surface area contributed by atoms with E-state index in [1.54, 1.807) is 6.08 Å². The number of nitrogens with zero attached hydrogens (tertiary/aromatic N) is 2. The average Bonchev–Trinajstić information content (AvgIpc) is 3.23. The molecule has 0 saturated heterocycles. The van der Waals surface area contributed by atoms with Crippen LogP contribution in [0.3, 0.4) is 0 Å². The van der Waals surface area contributed by atoms with Crippen LogP contribution >= 0.6 is 0 Å². The Morgan fingerprint density at radius 3 is 3.00 bits per heavy atom. The Hall–Kier alpha value is -2.86. The van der Waals surface area contributed by atoms with Gasteiger partial charge in [-0.25, -0.2) is 0 Å². The predicted octanol–water partition coefficient (Wildman–Crippen LogP) is 3.89. The first-order valence-electron chi connectivity index (χ1n) is 10.6. The van der Waals surface area contributed by atoms with Crippen molar-refractivity contribution in [2.75, 3.05) is 6.54 Å². The van der Waals surface area contributed by atoms with Crippen LogP contribution in [0.25, 0.3) is 10.9 Å². The fraction of sp³-hybridized carbons (Fsp3) is 0.417. The van der Waals surface area contributed by atoms with Gasteiger partial charge in [0.1, 0.15) is 11.5 Å². The van der Waals surface area contributed by atoms with Crippen LogP contribution in [0.5, 0.6) is 0 Å². The summed E-state index contributed by atoms with van der Waals surface area (Å²) in [5.74, 6) is 1.34. The first-order chi connectivity index (χ1) is 14.5. The second-order valence-corrected chi connectivity index (χ2v) is 8.59. The Kier molecular flexibility index (Phi) is 5.77. The third kappa shape index (κ3) is 4.05. The summed E-state index contributed by atoms with van der Waals surface area (Å²) >= 11 is 0. The minimum atomic E-state index is -0.283. The molecule has 0 radical (unpaired) electrons. The maximum Gasteiger partial charge on any atom is 0.237 e. The van der Waals surface area contributed by atoms with Crippen LogP contribution in [0.2, 0.25) is 0 Å². The first-order valence-corrected chi connectivity index (χ1v) is 10.6. The maximum absolute atomic E-state index is 12.9. The van der Waals surface area contributed by atoms with Gasteiger partial charge in [-0.2, -0.15) is 0 Å². The molecule has 1 aliphatic rings. The summed E-state index contributed by atoms with van der Waals surface area (Å²) in [6.45, 7) is 11.2. The van der Waals surface area contributed by atoms with Crippen LogP contribution in [0.1, 0.15) is 48.9 Å². The van der Waals surface area contributed by atoms with E-state index >= 15 is 0 Å². The fourth-order valence-corrected chi connectivity index (χ4v) is 4.45. The van der Waals surface area contributed by atoms with Crippen LogP contribution in [0, 0.1) is 12.8 Å². The predicted molar refractivity (Wildman–Crippen MR) is 118 cm³/mol. The van der Waals surface area contributed by atoms with Gasteiger partial charge in [-0.05, 0) is 42.9 Å². The van der Waals surface area contributed by atoms with Crippen molar-refractivity contribution in [2.24, 2.45) is 5.92 Å². The Morgan fingerprint density at radius 2 is 2.30 bits per heavy atom. The number of hydrogen-bond donors (Lipinski definition) is 2.